The van der Waals surface area contributed by atoms with Gasteiger partial charge >= 0.3 is 5.97 Å². The summed E-state index contributed by atoms with van der Waals surface area (Å²) in [6.07, 6.45) is -0.848. The maximum absolute atomic E-state index is 12.9. The number of hydrogen-bond donors (Lipinski definition) is 2. The van der Waals surface area contributed by atoms with Gasteiger partial charge in [-0.25, -0.2) is 9.18 Å². The molecule has 2 rings (SSSR count). The molecule has 2 atom stereocenters. The van der Waals surface area contributed by atoms with Crippen molar-refractivity contribution in [1.29, 1.82) is 0 Å². The summed E-state index contributed by atoms with van der Waals surface area (Å²) < 4.78 is 18.2. The molecule has 7 heteroatoms. The number of benzene rings is 2. The summed E-state index contributed by atoms with van der Waals surface area (Å²) in [5.41, 5.74) is 0.842. The van der Waals surface area contributed by atoms with Crippen molar-refractivity contribution >= 4 is 23.5 Å². The fraction of sp³-hybridized carbons (Fsp3) is 0.263. The number of nitrogens with one attached hydrogen (secondary N) is 1. The minimum atomic E-state index is -1.28. The fourth-order valence-corrected chi connectivity index (χ4v) is 2.52. The molecule has 2 unspecified atom stereocenters. The number of rotatable bonds is 8. The Morgan fingerprint density at radius 1 is 1.19 bits per heavy atom. The minimum Gasteiger partial charge on any atom is -0.478 e. The smallest absolute Gasteiger partial charge is 0.346 e. The lowest BCUT2D eigenvalue weighted by Gasteiger charge is -2.18. The van der Waals surface area contributed by atoms with Crippen LogP contribution < -0.4 is 10.1 Å². The highest BCUT2D eigenvalue weighted by atomic mass is 35.5. The van der Waals surface area contributed by atoms with Gasteiger partial charge in [0.25, 0.3) is 0 Å². The van der Waals surface area contributed by atoms with E-state index in [1.54, 1.807) is 19.1 Å². The van der Waals surface area contributed by atoms with Gasteiger partial charge in [0.2, 0.25) is 12.0 Å². The summed E-state index contributed by atoms with van der Waals surface area (Å²) in [4.78, 5) is 23.6. The lowest BCUT2D eigenvalue weighted by Crippen LogP contribution is -2.42. The monoisotopic (exact) mass is 379 g/mol. The van der Waals surface area contributed by atoms with E-state index in [9.17, 15) is 19.1 Å². The standard InChI is InChI=1S/C19H19ClFNO4/c1-12(10-13-4-2-3-5-16(13)20)18(23)22-11-17(19(24)25)26-15-8-6-14(21)7-9-15/h2-9,12,17H,10-11H2,1H3,(H,22,23)(H,24,25). The van der Waals surface area contributed by atoms with Gasteiger partial charge in [0.05, 0.1) is 6.54 Å². The lowest BCUT2D eigenvalue weighted by atomic mass is 10.0. The van der Waals surface area contributed by atoms with Crippen LogP contribution in [-0.2, 0) is 16.0 Å². The first-order valence-corrected chi connectivity index (χ1v) is 8.40. The fourth-order valence-electron chi connectivity index (χ4n) is 2.31. The normalized spacial score (nSPS) is 12.9. The molecule has 0 bridgehead atoms. The van der Waals surface area contributed by atoms with Gasteiger partial charge in [-0.15, -0.1) is 0 Å². The number of carbonyl (C=O) groups is 2. The minimum absolute atomic E-state index is 0.206. The van der Waals surface area contributed by atoms with Crippen LogP contribution in [0, 0.1) is 11.7 Å². The third kappa shape index (κ3) is 5.74. The van der Waals surface area contributed by atoms with E-state index in [0.717, 1.165) is 5.56 Å². The maximum Gasteiger partial charge on any atom is 0.346 e. The molecular weight excluding hydrogens is 361 g/mol. The molecule has 0 radical (unpaired) electrons. The van der Waals surface area contributed by atoms with Crippen molar-refractivity contribution in [3.05, 3.63) is 64.9 Å². The topological polar surface area (TPSA) is 75.6 Å². The number of ether oxygens (including phenoxy) is 1. The molecule has 2 aromatic rings. The molecule has 0 spiro atoms. The van der Waals surface area contributed by atoms with Crippen molar-refractivity contribution < 1.29 is 23.8 Å². The van der Waals surface area contributed by atoms with Gasteiger partial charge in [0.15, 0.2) is 0 Å². The molecule has 0 aliphatic rings. The molecule has 0 saturated heterocycles. The SMILES string of the molecule is CC(Cc1ccccc1Cl)C(=O)NCC(Oc1ccc(F)cc1)C(=O)O. The Morgan fingerprint density at radius 3 is 2.46 bits per heavy atom. The van der Waals surface area contributed by atoms with Crippen molar-refractivity contribution in [1.82, 2.24) is 5.32 Å². The zero-order valence-corrected chi connectivity index (χ0v) is 14.9. The highest BCUT2D eigenvalue weighted by Gasteiger charge is 2.22. The van der Waals surface area contributed by atoms with Crippen LogP contribution in [0.2, 0.25) is 5.02 Å². The van der Waals surface area contributed by atoms with Crippen molar-refractivity contribution in [2.75, 3.05) is 6.54 Å². The maximum atomic E-state index is 12.9. The first-order chi connectivity index (χ1) is 12.4. The van der Waals surface area contributed by atoms with Crippen molar-refractivity contribution in [3.8, 4) is 5.75 Å². The van der Waals surface area contributed by atoms with Crippen LogP contribution in [0.3, 0.4) is 0 Å². The number of halogens is 2. The summed E-state index contributed by atoms with van der Waals surface area (Å²) in [5.74, 6) is -2.18. The molecule has 5 nitrogen and oxygen atoms in total. The second-order valence-electron chi connectivity index (χ2n) is 5.84. The summed E-state index contributed by atoms with van der Waals surface area (Å²) in [5, 5.41) is 12.4. The average molecular weight is 380 g/mol. The number of hydrogen-bond acceptors (Lipinski definition) is 3. The predicted octanol–water partition coefficient (Wildman–Crippen LogP) is 3.31. The molecule has 0 aromatic heterocycles. The summed E-state index contributed by atoms with van der Waals surface area (Å²) in [6.45, 7) is 1.52. The highest BCUT2D eigenvalue weighted by Crippen LogP contribution is 2.19. The second-order valence-corrected chi connectivity index (χ2v) is 6.25. The molecule has 0 saturated carbocycles. The van der Waals surface area contributed by atoms with Gasteiger partial charge in [-0.05, 0) is 42.3 Å². The van der Waals surface area contributed by atoms with Crippen LogP contribution in [0.5, 0.6) is 5.75 Å². The van der Waals surface area contributed by atoms with Crippen LogP contribution in [0.15, 0.2) is 48.5 Å². The van der Waals surface area contributed by atoms with E-state index in [2.05, 4.69) is 5.32 Å². The third-order valence-corrected chi connectivity index (χ3v) is 4.13. The van der Waals surface area contributed by atoms with Gasteiger partial charge in [0, 0.05) is 10.9 Å². The Hall–Kier alpha value is -2.60. The first-order valence-electron chi connectivity index (χ1n) is 8.03. The van der Waals surface area contributed by atoms with Gasteiger partial charge in [-0.1, -0.05) is 36.7 Å². The lowest BCUT2D eigenvalue weighted by molar-refractivity contribution is -0.145. The van der Waals surface area contributed by atoms with E-state index >= 15 is 0 Å². The van der Waals surface area contributed by atoms with E-state index < -0.39 is 23.8 Å². The summed E-state index contributed by atoms with van der Waals surface area (Å²) in [7, 11) is 0. The van der Waals surface area contributed by atoms with E-state index in [1.165, 1.54) is 24.3 Å². The number of carboxylic acids is 1. The third-order valence-electron chi connectivity index (χ3n) is 3.76. The quantitative estimate of drug-likeness (QED) is 0.737. The Balaban J connectivity index is 1.91. The van der Waals surface area contributed by atoms with E-state index in [-0.39, 0.29) is 18.2 Å². The Labute approximate surface area is 155 Å². The number of carboxylic acid groups (broad SMARTS) is 1. The van der Waals surface area contributed by atoms with E-state index in [4.69, 9.17) is 16.3 Å². The van der Waals surface area contributed by atoms with Gasteiger partial charge in [0.1, 0.15) is 11.6 Å². The Morgan fingerprint density at radius 2 is 1.85 bits per heavy atom. The average Bonchev–Trinajstić information content (AvgIpc) is 2.61. The number of aliphatic carboxylic acids is 1. The summed E-state index contributed by atoms with van der Waals surface area (Å²) in [6, 6.07) is 12.2. The highest BCUT2D eigenvalue weighted by molar-refractivity contribution is 6.31. The largest absolute Gasteiger partial charge is 0.478 e. The van der Waals surface area contributed by atoms with Crippen LogP contribution in [0.1, 0.15) is 12.5 Å². The van der Waals surface area contributed by atoms with Crippen LogP contribution in [-0.4, -0.2) is 29.6 Å². The van der Waals surface area contributed by atoms with E-state index in [0.29, 0.717) is 11.4 Å². The van der Waals surface area contributed by atoms with Crippen LogP contribution in [0.25, 0.3) is 0 Å². The Bertz CT molecular complexity index is 766. The van der Waals surface area contributed by atoms with Gasteiger partial charge in [-0.2, -0.15) is 0 Å². The number of amides is 1. The van der Waals surface area contributed by atoms with Crippen LogP contribution in [0.4, 0.5) is 4.39 Å². The molecule has 0 fully saturated rings. The van der Waals surface area contributed by atoms with Crippen molar-refractivity contribution in [2.24, 2.45) is 5.92 Å². The Kier molecular flexibility index (Phi) is 6.97. The summed E-state index contributed by atoms with van der Waals surface area (Å²) >= 11 is 6.09. The molecule has 138 valence electrons. The number of carbonyl (C=O) groups excluding carboxylic acids is 1. The van der Waals surface area contributed by atoms with Crippen molar-refractivity contribution in [3.63, 3.8) is 0 Å². The second kappa shape index (κ2) is 9.20. The zero-order valence-electron chi connectivity index (χ0n) is 14.1. The van der Waals surface area contributed by atoms with Crippen LogP contribution >= 0.6 is 11.6 Å². The molecule has 0 aliphatic carbocycles. The molecule has 2 N–H and O–H groups in total. The molecule has 1 amide bonds. The predicted molar refractivity (Wildman–Crippen MR) is 95.8 cm³/mol. The molecule has 0 heterocycles. The van der Waals surface area contributed by atoms with E-state index in [1.807, 2.05) is 12.1 Å². The molecular formula is C19H19ClFNO4. The molecule has 2 aromatic carbocycles. The molecule has 0 aliphatic heterocycles. The molecule has 26 heavy (non-hydrogen) atoms. The van der Waals surface area contributed by atoms with Gasteiger partial charge < -0.3 is 15.2 Å². The zero-order chi connectivity index (χ0) is 19.1. The van der Waals surface area contributed by atoms with Gasteiger partial charge in [-0.3, -0.25) is 4.79 Å². The first kappa shape index (κ1) is 19.7. The van der Waals surface area contributed by atoms with Crippen molar-refractivity contribution in [2.45, 2.75) is 19.4 Å².